The molecule has 1 aromatic heterocycles. The number of hydrogen-bond donors (Lipinski definition) is 2. The largest absolute Gasteiger partial charge is 0.350 e. The van der Waals surface area contributed by atoms with Crippen LogP contribution in [0.5, 0.6) is 0 Å². The van der Waals surface area contributed by atoms with Crippen molar-refractivity contribution in [2.24, 2.45) is 10.8 Å². The van der Waals surface area contributed by atoms with Crippen LogP contribution in [-0.2, 0) is 0 Å². The molecule has 0 bridgehead atoms. The third kappa shape index (κ3) is 3.25. The van der Waals surface area contributed by atoms with Crippen LogP contribution in [0.15, 0.2) is 29.4 Å². The highest BCUT2D eigenvalue weighted by Gasteiger charge is 2.11. The monoisotopic (exact) mass is 304 g/mol. The van der Waals surface area contributed by atoms with Crippen LogP contribution in [0.1, 0.15) is 22.5 Å². The first-order valence-corrected chi connectivity index (χ1v) is 6.82. The molecule has 5 nitrogen and oxygen atoms in total. The van der Waals surface area contributed by atoms with Crippen LogP contribution in [0.3, 0.4) is 0 Å². The molecule has 2 amide bonds. The maximum absolute atomic E-state index is 10.6. The fraction of sp³-hybridized carbons (Fsp3) is 0.200. The van der Waals surface area contributed by atoms with Crippen molar-refractivity contribution in [2.45, 2.75) is 20.8 Å². The van der Waals surface area contributed by atoms with Crippen molar-refractivity contribution in [3.63, 3.8) is 0 Å². The maximum atomic E-state index is 10.6. The lowest BCUT2D eigenvalue weighted by Crippen LogP contribution is -2.24. The number of urea groups is 1. The van der Waals surface area contributed by atoms with Crippen molar-refractivity contribution >= 4 is 23.8 Å². The van der Waals surface area contributed by atoms with Gasteiger partial charge in [0, 0.05) is 27.7 Å². The third-order valence-corrected chi connectivity index (χ3v) is 3.50. The molecule has 21 heavy (non-hydrogen) atoms. The summed E-state index contributed by atoms with van der Waals surface area (Å²) in [6.45, 7) is 6.03. The van der Waals surface area contributed by atoms with Crippen molar-refractivity contribution in [1.82, 2.24) is 9.99 Å². The first-order chi connectivity index (χ1) is 9.90. The summed E-state index contributed by atoms with van der Waals surface area (Å²) in [5.74, 6) is 0. The molecular formula is C15H17ClN4O. The number of hydrogen-bond acceptors (Lipinski definition) is 2. The second kappa shape index (κ2) is 6.01. The molecule has 0 atom stereocenters. The quantitative estimate of drug-likeness (QED) is 0.664. The molecule has 0 saturated heterocycles. The molecule has 1 aromatic carbocycles. The zero-order valence-corrected chi connectivity index (χ0v) is 12.9. The van der Waals surface area contributed by atoms with Gasteiger partial charge in [-0.05, 0) is 44.5 Å². The van der Waals surface area contributed by atoms with E-state index in [1.807, 2.05) is 45.0 Å². The van der Waals surface area contributed by atoms with E-state index < -0.39 is 6.03 Å². The van der Waals surface area contributed by atoms with Gasteiger partial charge >= 0.3 is 6.03 Å². The Labute approximate surface area is 128 Å². The first-order valence-electron chi connectivity index (χ1n) is 6.44. The number of benzene rings is 1. The molecule has 0 fully saturated rings. The molecule has 0 aliphatic heterocycles. The van der Waals surface area contributed by atoms with E-state index in [1.165, 1.54) is 0 Å². The topological polar surface area (TPSA) is 72.4 Å². The van der Waals surface area contributed by atoms with Crippen molar-refractivity contribution in [1.29, 1.82) is 0 Å². The average Bonchev–Trinajstić information content (AvgIpc) is 2.67. The molecule has 0 aliphatic rings. The van der Waals surface area contributed by atoms with Gasteiger partial charge in [-0.3, -0.25) is 0 Å². The standard InChI is InChI=1S/C15H17ClN4O/c1-9-4-5-13(16)7-14(9)20-10(2)6-12(11(20)3)8-18-19-15(17)21/h4-8H,1-3H3,(H3,17,19,21). The van der Waals surface area contributed by atoms with Crippen molar-refractivity contribution in [2.75, 3.05) is 0 Å². The van der Waals surface area contributed by atoms with E-state index in [0.29, 0.717) is 5.02 Å². The molecule has 6 heteroatoms. The van der Waals surface area contributed by atoms with Gasteiger partial charge in [0.1, 0.15) is 0 Å². The van der Waals surface area contributed by atoms with E-state index in [1.54, 1.807) is 6.21 Å². The Morgan fingerprint density at radius 3 is 2.71 bits per heavy atom. The summed E-state index contributed by atoms with van der Waals surface area (Å²) >= 11 is 6.10. The Bertz CT molecular complexity index is 719. The zero-order valence-electron chi connectivity index (χ0n) is 12.1. The molecular weight excluding hydrogens is 288 g/mol. The third-order valence-electron chi connectivity index (χ3n) is 3.26. The molecule has 0 unspecified atom stereocenters. The SMILES string of the molecule is Cc1ccc(Cl)cc1-n1c(C)cc(C=NNC(N)=O)c1C. The lowest BCUT2D eigenvalue weighted by molar-refractivity contribution is 0.249. The summed E-state index contributed by atoms with van der Waals surface area (Å²) in [5.41, 5.74) is 12.3. The van der Waals surface area contributed by atoms with Gasteiger partial charge in [0.25, 0.3) is 0 Å². The summed E-state index contributed by atoms with van der Waals surface area (Å²) in [4.78, 5) is 10.6. The Hall–Kier alpha value is -2.27. The number of nitrogens with two attached hydrogens (primary N) is 1. The highest BCUT2D eigenvalue weighted by atomic mass is 35.5. The number of nitrogens with one attached hydrogen (secondary N) is 1. The van der Waals surface area contributed by atoms with Crippen molar-refractivity contribution in [3.05, 3.63) is 51.8 Å². The minimum Gasteiger partial charge on any atom is -0.350 e. The fourth-order valence-electron chi connectivity index (χ4n) is 2.28. The summed E-state index contributed by atoms with van der Waals surface area (Å²) in [6.07, 6.45) is 1.57. The van der Waals surface area contributed by atoms with Crippen LogP contribution in [0.2, 0.25) is 5.02 Å². The predicted molar refractivity (Wildman–Crippen MR) is 85.3 cm³/mol. The fourth-order valence-corrected chi connectivity index (χ4v) is 2.44. The van der Waals surface area contributed by atoms with E-state index in [4.69, 9.17) is 17.3 Å². The van der Waals surface area contributed by atoms with Crippen LogP contribution in [0, 0.1) is 20.8 Å². The Kier molecular flexibility index (Phi) is 4.33. The van der Waals surface area contributed by atoms with Gasteiger partial charge < -0.3 is 10.3 Å². The summed E-state index contributed by atoms with van der Waals surface area (Å²) in [5, 5.41) is 4.49. The summed E-state index contributed by atoms with van der Waals surface area (Å²) in [7, 11) is 0. The van der Waals surface area contributed by atoms with E-state index in [9.17, 15) is 4.79 Å². The van der Waals surface area contributed by atoms with Crippen molar-refractivity contribution < 1.29 is 4.79 Å². The number of nitrogens with zero attached hydrogens (tertiary/aromatic N) is 2. The highest BCUT2D eigenvalue weighted by Crippen LogP contribution is 2.25. The molecule has 0 radical (unpaired) electrons. The van der Waals surface area contributed by atoms with Crippen LogP contribution >= 0.6 is 11.6 Å². The van der Waals surface area contributed by atoms with Crippen LogP contribution in [0.25, 0.3) is 5.69 Å². The summed E-state index contributed by atoms with van der Waals surface area (Å²) < 4.78 is 2.10. The summed E-state index contributed by atoms with van der Waals surface area (Å²) in [6, 6.07) is 7.08. The van der Waals surface area contributed by atoms with Gasteiger partial charge in [-0.1, -0.05) is 17.7 Å². The van der Waals surface area contributed by atoms with Crippen LogP contribution in [0.4, 0.5) is 4.79 Å². The van der Waals surface area contributed by atoms with Crippen LogP contribution in [-0.4, -0.2) is 16.8 Å². The van der Waals surface area contributed by atoms with Gasteiger partial charge in [-0.25, -0.2) is 10.2 Å². The second-order valence-corrected chi connectivity index (χ2v) is 5.26. The molecule has 0 spiro atoms. The lowest BCUT2D eigenvalue weighted by Gasteiger charge is -2.13. The average molecular weight is 305 g/mol. The molecule has 0 aliphatic carbocycles. The van der Waals surface area contributed by atoms with Gasteiger partial charge in [0.05, 0.1) is 6.21 Å². The van der Waals surface area contributed by atoms with Gasteiger partial charge in [0.2, 0.25) is 0 Å². The number of aryl methyl sites for hydroxylation is 2. The molecule has 3 N–H and O–H groups in total. The number of hydrazone groups is 1. The Morgan fingerprint density at radius 2 is 2.05 bits per heavy atom. The molecule has 2 rings (SSSR count). The number of carbonyl (C=O) groups excluding carboxylic acids is 1. The van der Waals surface area contributed by atoms with Crippen molar-refractivity contribution in [3.8, 4) is 5.69 Å². The number of halogens is 1. The Balaban J connectivity index is 2.46. The van der Waals surface area contributed by atoms with E-state index in [2.05, 4.69) is 15.1 Å². The minimum atomic E-state index is -0.689. The number of carbonyl (C=O) groups is 1. The smallest absolute Gasteiger partial charge is 0.332 e. The minimum absolute atomic E-state index is 0.689. The number of aromatic nitrogens is 1. The maximum Gasteiger partial charge on any atom is 0.332 e. The predicted octanol–water partition coefficient (Wildman–Crippen LogP) is 3.06. The normalized spacial score (nSPS) is 11.0. The van der Waals surface area contributed by atoms with E-state index in [-0.39, 0.29) is 0 Å². The van der Waals surface area contributed by atoms with Gasteiger partial charge in [-0.2, -0.15) is 5.10 Å². The van der Waals surface area contributed by atoms with E-state index in [0.717, 1.165) is 28.2 Å². The van der Waals surface area contributed by atoms with Gasteiger partial charge in [0.15, 0.2) is 0 Å². The molecule has 0 saturated carbocycles. The molecule has 1 heterocycles. The first kappa shape index (κ1) is 15.1. The van der Waals surface area contributed by atoms with Crippen LogP contribution < -0.4 is 11.2 Å². The lowest BCUT2D eigenvalue weighted by atomic mass is 10.2. The number of primary amides is 1. The Morgan fingerprint density at radius 1 is 1.33 bits per heavy atom. The number of amides is 2. The van der Waals surface area contributed by atoms with Gasteiger partial charge in [-0.15, -0.1) is 0 Å². The molecule has 2 aromatic rings. The van der Waals surface area contributed by atoms with E-state index >= 15 is 0 Å². The number of rotatable bonds is 3. The highest BCUT2D eigenvalue weighted by molar-refractivity contribution is 6.30. The molecule has 110 valence electrons. The second-order valence-electron chi connectivity index (χ2n) is 4.83. The zero-order chi connectivity index (χ0) is 15.6.